The van der Waals surface area contributed by atoms with Crippen molar-refractivity contribution in [1.29, 1.82) is 0 Å². The molecule has 2 aliphatic heterocycles. The van der Waals surface area contributed by atoms with Gasteiger partial charge in [0.1, 0.15) is 43.9 Å². The average Bonchev–Trinajstić information content (AvgIpc) is 1.62. The molecule has 2 atom stereocenters. The fraction of sp³-hybridized carbons (Fsp3) is 0.143. The van der Waals surface area contributed by atoms with Crippen molar-refractivity contribution in [3.05, 3.63) is 339 Å². The Hall–Kier alpha value is -9.78. The van der Waals surface area contributed by atoms with E-state index in [2.05, 4.69) is 158 Å². The first-order chi connectivity index (χ1) is 52.0. The molecule has 13 aromatic carbocycles. The molecule has 0 radical (unpaired) electrons. The van der Waals surface area contributed by atoms with Crippen LogP contribution in [0.15, 0.2) is 367 Å². The number of sulfonamides is 1. The highest BCUT2D eigenvalue weighted by Crippen LogP contribution is 2.51. The number of aliphatic hydroxyl groups excluding tert-OH is 2. The molecule has 9 nitrogen and oxygen atoms in total. The summed E-state index contributed by atoms with van der Waals surface area (Å²) in [6.07, 6.45) is 11.9. The number of para-hydroxylation sites is 3. The van der Waals surface area contributed by atoms with Crippen molar-refractivity contribution in [1.82, 2.24) is 0 Å². The van der Waals surface area contributed by atoms with E-state index < -0.39 is 41.9 Å². The first-order valence-electron chi connectivity index (χ1n) is 35.9. The predicted octanol–water partition coefficient (Wildman–Crippen LogP) is 23.2. The van der Waals surface area contributed by atoms with Crippen LogP contribution in [-0.4, -0.2) is 47.3 Å². The van der Waals surface area contributed by atoms with Crippen LogP contribution >= 0.6 is 20.9 Å². The molecular formula is C91H83NO8S6+4. The third-order valence-corrected chi connectivity index (χ3v) is 31.5. The van der Waals surface area contributed by atoms with Gasteiger partial charge in [-0.25, -0.2) is 8.42 Å². The van der Waals surface area contributed by atoms with E-state index in [9.17, 15) is 16.8 Å². The molecule has 2 aliphatic rings. The summed E-state index contributed by atoms with van der Waals surface area (Å²) in [5.41, 5.74) is 3.39. The van der Waals surface area contributed by atoms with Crippen LogP contribution in [-0.2, 0) is 54.8 Å². The van der Waals surface area contributed by atoms with Gasteiger partial charge in [-0.05, 0) is 207 Å². The molecule has 2 aromatic heterocycles. The third kappa shape index (κ3) is 16.1. The number of fused-ring (bicyclic) bond motifs is 10. The molecule has 0 amide bonds. The molecule has 17 rings (SSSR count). The Bertz CT molecular complexity index is 5610. The molecule has 532 valence electrons. The molecule has 2 N–H and O–H groups in total. The summed E-state index contributed by atoms with van der Waals surface area (Å²) in [5, 5.41) is 23.4. The number of hydrogen-bond donors (Lipinski definition) is 2. The van der Waals surface area contributed by atoms with Gasteiger partial charge in [0.05, 0.1) is 0 Å². The zero-order chi connectivity index (χ0) is 72.8. The maximum Gasteiger partial charge on any atom is 0.344 e. The van der Waals surface area contributed by atoms with E-state index in [0.29, 0.717) is 23.0 Å². The SMILES string of the molecule is CN1c2ccccc2[S+](c2ccccc2)c2ccccc2S1(=O)=O.O=S1(=O)Oc2ccccc2[S+](c2ccc(Oc3ccccc3)cc2)c2ccccc21.OCCCCCCCCCCc1ccc(-[s+]2c3ccccc3c3ccccc32)cc1.OCCc1ccc(-[s+]2c3ccccc3c3ccccc32)cc1. The fourth-order valence-electron chi connectivity index (χ4n) is 13.7. The molecule has 0 spiro atoms. The van der Waals surface area contributed by atoms with Crippen LogP contribution in [0.25, 0.3) is 50.1 Å². The molecular weight excluding hydrogens is 1430 g/mol. The van der Waals surface area contributed by atoms with Crippen LogP contribution in [0.4, 0.5) is 5.69 Å². The third-order valence-electron chi connectivity index (χ3n) is 18.9. The minimum absolute atomic E-state index is 0.0153. The normalized spacial score (nSPS) is 14.4. The van der Waals surface area contributed by atoms with Crippen molar-refractivity contribution < 1.29 is 36.0 Å². The number of hydrogen-bond acceptors (Lipinski definition) is 8. The van der Waals surface area contributed by atoms with Gasteiger partial charge in [0.15, 0.2) is 63.7 Å². The number of aliphatic hydroxyl groups is 2. The summed E-state index contributed by atoms with van der Waals surface area (Å²) in [4.78, 5) is 8.89. The molecule has 15 aromatic rings. The molecule has 15 heteroatoms. The number of aryl methyl sites for hydroxylation is 1. The van der Waals surface area contributed by atoms with Crippen LogP contribution in [0.2, 0.25) is 0 Å². The van der Waals surface area contributed by atoms with Gasteiger partial charge >= 0.3 is 10.1 Å². The van der Waals surface area contributed by atoms with Crippen LogP contribution in [0.5, 0.6) is 17.2 Å². The second-order valence-electron chi connectivity index (χ2n) is 25.8. The quantitative estimate of drug-likeness (QED) is 0.0493. The Morgan fingerprint density at radius 3 is 1.24 bits per heavy atom. The summed E-state index contributed by atoms with van der Waals surface area (Å²) in [6, 6.07) is 110. The van der Waals surface area contributed by atoms with Crippen molar-refractivity contribution in [2.75, 3.05) is 24.6 Å². The second-order valence-corrected chi connectivity index (χ2v) is 37.1. The minimum Gasteiger partial charge on any atom is -0.457 e. The fourth-order valence-corrected chi connectivity index (χ4v) is 26.4. The lowest BCUT2D eigenvalue weighted by Gasteiger charge is -2.16. The Morgan fingerprint density at radius 2 is 0.708 bits per heavy atom. The second kappa shape index (κ2) is 34.2. The molecule has 106 heavy (non-hydrogen) atoms. The van der Waals surface area contributed by atoms with E-state index in [-0.39, 0.29) is 32.4 Å². The number of thiophene rings is 2. The smallest absolute Gasteiger partial charge is 0.344 e. The van der Waals surface area contributed by atoms with Crippen molar-refractivity contribution >= 4 is 109 Å². The zero-order valence-corrected chi connectivity index (χ0v) is 63.8. The monoisotopic (exact) mass is 1510 g/mol. The zero-order valence-electron chi connectivity index (χ0n) is 58.9. The number of rotatable bonds is 18. The van der Waals surface area contributed by atoms with Crippen LogP contribution < -0.4 is 13.2 Å². The lowest BCUT2D eigenvalue weighted by atomic mass is 10.0. The van der Waals surface area contributed by atoms with Crippen LogP contribution in [0.3, 0.4) is 0 Å². The number of nitrogens with zero attached hydrogens (tertiary/aromatic N) is 1. The topological polar surface area (TPSA) is 130 Å². The molecule has 0 bridgehead atoms. The Morgan fingerprint density at radius 1 is 0.330 bits per heavy atom. The molecule has 0 saturated carbocycles. The summed E-state index contributed by atoms with van der Waals surface area (Å²) in [5.74, 6) is 1.84. The Labute approximate surface area is 633 Å². The van der Waals surface area contributed by atoms with Crippen molar-refractivity contribution in [3.63, 3.8) is 0 Å². The van der Waals surface area contributed by atoms with Gasteiger partial charge in [0, 0.05) is 62.7 Å². The van der Waals surface area contributed by atoms with Crippen molar-refractivity contribution in [2.24, 2.45) is 0 Å². The molecule has 2 unspecified atom stereocenters. The van der Waals surface area contributed by atoms with E-state index in [4.69, 9.17) is 19.1 Å². The van der Waals surface area contributed by atoms with Gasteiger partial charge in [0.2, 0.25) is 4.90 Å². The highest BCUT2D eigenvalue weighted by molar-refractivity contribution is 7.99. The summed E-state index contributed by atoms with van der Waals surface area (Å²) in [6.45, 7) is 0.551. The van der Waals surface area contributed by atoms with E-state index in [1.807, 2.05) is 133 Å². The van der Waals surface area contributed by atoms with Gasteiger partial charge in [-0.3, -0.25) is 4.31 Å². The number of ether oxygens (including phenoxy) is 1. The molecule has 0 fully saturated rings. The highest BCUT2D eigenvalue weighted by Gasteiger charge is 2.44. The van der Waals surface area contributed by atoms with E-state index in [1.54, 1.807) is 43.4 Å². The first kappa shape index (κ1) is 73.1. The highest BCUT2D eigenvalue weighted by atomic mass is 32.2. The molecule has 0 aliphatic carbocycles. The van der Waals surface area contributed by atoms with E-state index in [0.717, 1.165) is 53.7 Å². The maximum atomic E-state index is 13.1. The largest absolute Gasteiger partial charge is 0.457 e. The van der Waals surface area contributed by atoms with Crippen molar-refractivity contribution in [2.45, 2.75) is 103 Å². The lowest BCUT2D eigenvalue weighted by Crippen LogP contribution is -2.26. The Kier molecular flexibility index (Phi) is 23.6. The molecule has 0 saturated heterocycles. The van der Waals surface area contributed by atoms with Crippen LogP contribution in [0, 0.1) is 0 Å². The maximum absolute atomic E-state index is 13.1. The van der Waals surface area contributed by atoms with Crippen LogP contribution in [0.1, 0.15) is 62.5 Å². The molecule has 4 heterocycles. The summed E-state index contributed by atoms with van der Waals surface area (Å²) < 4.78 is 70.4. The van der Waals surface area contributed by atoms with Gasteiger partial charge in [-0.2, -0.15) is 8.42 Å². The average molecular weight is 1510 g/mol. The van der Waals surface area contributed by atoms with Gasteiger partial charge in [-0.1, -0.05) is 196 Å². The van der Waals surface area contributed by atoms with E-state index >= 15 is 0 Å². The van der Waals surface area contributed by atoms with E-state index in [1.165, 1.54) is 117 Å². The van der Waals surface area contributed by atoms with Gasteiger partial charge in [0.25, 0.3) is 10.0 Å². The summed E-state index contributed by atoms with van der Waals surface area (Å²) >= 11 is 0. The Balaban J connectivity index is 0.000000120. The standard InChI is InChI=1S/C28H33OS.C24H17O4S2.C20H17OS.C19H16NO2S2/c29-22-12-6-4-2-1-3-5-7-13-23-18-20-24(21-19-23)30-27-16-10-8-14-25(27)26-15-9-11-17-28(26)30;25-30(26)24-13-7-6-12-23(24)29(22-11-5-4-10-21(22)28-30)20-16-14-19(15-17-20)27-18-8-2-1-3-9-18;21-14-13-15-9-11-16(12-10-15)22-19-7-3-1-5-17(19)18-6-2-4-8-20(18)22;1-20-16-11-5-6-12-17(16)23(15-9-3-2-4-10-15)18-13-7-8-14-19(18)24(20,21)22/h8-11,14-21,29H,1-7,12-13,22H2;1-17H;1-12,21H,13-14H2;2-14H,1H3/q4*+1. The summed E-state index contributed by atoms with van der Waals surface area (Å²) in [7, 11) is -6.94. The van der Waals surface area contributed by atoms with Gasteiger partial charge < -0.3 is 19.1 Å². The first-order valence-corrected chi connectivity index (χ1v) is 43.6. The minimum atomic E-state index is -3.90. The van der Waals surface area contributed by atoms with Gasteiger partial charge in [-0.15, -0.1) is 0 Å². The van der Waals surface area contributed by atoms with Crippen molar-refractivity contribution in [3.8, 4) is 27.0 Å². The lowest BCUT2D eigenvalue weighted by molar-refractivity contribution is 0.282. The predicted molar refractivity (Wildman–Crippen MR) is 442 cm³/mol. The number of anilines is 1. The number of benzene rings is 13. The number of unbranched alkanes of at least 4 members (excludes halogenated alkanes) is 7.